The summed E-state index contributed by atoms with van der Waals surface area (Å²) in [7, 11) is 2.01. The van der Waals surface area contributed by atoms with E-state index >= 15 is 0 Å². The van der Waals surface area contributed by atoms with Gasteiger partial charge in [-0.1, -0.05) is 30.0 Å². The predicted octanol–water partition coefficient (Wildman–Crippen LogP) is 4.48. The molecule has 0 saturated carbocycles. The molecule has 0 aliphatic rings. The van der Waals surface area contributed by atoms with Crippen molar-refractivity contribution in [1.29, 1.82) is 0 Å². The second-order valence-electron chi connectivity index (χ2n) is 4.89. The summed E-state index contributed by atoms with van der Waals surface area (Å²) in [5.74, 6) is 0.923. The van der Waals surface area contributed by atoms with E-state index in [1.807, 2.05) is 30.2 Å². The van der Waals surface area contributed by atoms with Crippen LogP contribution in [0.2, 0.25) is 0 Å². The smallest absolute Gasteiger partial charge is 0.124 e. The first-order valence-corrected chi connectivity index (χ1v) is 8.53. The summed E-state index contributed by atoms with van der Waals surface area (Å²) in [4.78, 5) is 8.95. The molecule has 21 heavy (non-hydrogen) atoms. The summed E-state index contributed by atoms with van der Waals surface area (Å²) in [6.07, 6.45) is 3.70. The molecule has 0 spiro atoms. The van der Waals surface area contributed by atoms with Gasteiger partial charge in [0.25, 0.3) is 0 Å². The molecule has 0 atom stereocenters. The summed E-state index contributed by atoms with van der Waals surface area (Å²) in [6.45, 7) is 0. The van der Waals surface area contributed by atoms with E-state index < -0.39 is 0 Å². The van der Waals surface area contributed by atoms with E-state index in [1.165, 1.54) is 15.6 Å². The van der Waals surface area contributed by atoms with Crippen LogP contribution < -0.4 is 0 Å². The number of aromatic nitrogens is 3. The second-order valence-corrected chi connectivity index (χ2v) is 6.76. The van der Waals surface area contributed by atoms with Gasteiger partial charge in [-0.2, -0.15) is 0 Å². The first kappa shape index (κ1) is 12.9. The first-order chi connectivity index (χ1) is 10.3. The molecule has 3 nitrogen and oxygen atoms in total. The summed E-state index contributed by atoms with van der Waals surface area (Å²) in [5.41, 5.74) is 3.49. The number of hydrogen-bond donors (Lipinski definition) is 0. The number of pyridine rings is 1. The lowest BCUT2D eigenvalue weighted by Crippen LogP contribution is -1.87. The zero-order valence-corrected chi connectivity index (χ0v) is 13.1. The van der Waals surface area contributed by atoms with Crippen molar-refractivity contribution in [2.75, 3.05) is 0 Å². The maximum Gasteiger partial charge on any atom is 0.124 e. The number of nitrogens with zero attached hydrogens (tertiary/aromatic N) is 3. The molecule has 0 fully saturated rings. The van der Waals surface area contributed by atoms with E-state index in [0.717, 1.165) is 21.8 Å². The maximum atomic E-state index is 4.49. The minimum atomic E-state index is 0.923. The van der Waals surface area contributed by atoms with E-state index in [0.29, 0.717) is 0 Å². The Hall–Kier alpha value is -1.85. The van der Waals surface area contributed by atoms with Crippen LogP contribution in [0.15, 0.2) is 53.3 Å². The van der Waals surface area contributed by atoms with Crippen LogP contribution in [0.3, 0.4) is 0 Å². The van der Waals surface area contributed by atoms with Gasteiger partial charge in [0.15, 0.2) is 0 Å². The Bertz CT molecular complexity index is 923. The lowest BCUT2D eigenvalue weighted by molar-refractivity contribution is 0.947. The molecule has 0 aliphatic heterocycles. The lowest BCUT2D eigenvalue weighted by atomic mass is 10.2. The molecule has 0 amide bonds. The highest BCUT2D eigenvalue weighted by atomic mass is 32.2. The third kappa shape index (κ3) is 2.22. The van der Waals surface area contributed by atoms with E-state index in [9.17, 15) is 0 Å². The average Bonchev–Trinajstić information content (AvgIpc) is 3.10. The minimum absolute atomic E-state index is 0.923. The van der Waals surface area contributed by atoms with Crippen LogP contribution in [-0.4, -0.2) is 14.5 Å². The van der Waals surface area contributed by atoms with E-state index in [-0.39, 0.29) is 0 Å². The van der Waals surface area contributed by atoms with Crippen molar-refractivity contribution < 1.29 is 0 Å². The molecule has 0 saturated heterocycles. The summed E-state index contributed by atoms with van der Waals surface area (Å²) < 4.78 is 3.37. The van der Waals surface area contributed by atoms with Crippen LogP contribution in [0.25, 0.3) is 21.1 Å². The number of rotatable bonds is 3. The summed E-state index contributed by atoms with van der Waals surface area (Å²) in [5, 5.41) is 4.60. The summed E-state index contributed by atoms with van der Waals surface area (Å²) >= 11 is 3.56. The Balaban J connectivity index is 1.66. The van der Waals surface area contributed by atoms with Gasteiger partial charge in [-0.25, -0.2) is 9.97 Å². The van der Waals surface area contributed by atoms with Crippen LogP contribution >= 0.6 is 23.1 Å². The average molecular weight is 311 g/mol. The topological polar surface area (TPSA) is 30.7 Å². The highest BCUT2D eigenvalue weighted by Crippen LogP contribution is 2.32. The van der Waals surface area contributed by atoms with E-state index in [1.54, 1.807) is 23.1 Å². The zero-order chi connectivity index (χ0) is 14.2. The van der Waals surface area contributed by atoms with Crippen LogP contribution in [0.4, 0.5) is 0 Å². The predicted molar refractivity (Wildman–Crippen MR) is 89.9 cm³/mol. The number of imidazole rings is 1. The molecule has 5 heteroatoms. The van der Waals surface area contributed by atoms with Crippen molar-refractivity contribution in [2.24, 2.45) is 7.05 Å². The molecule has 104 valence electrons. The molecule has 1 aromatic carbocycles. The molecule has 4 rings (SSSR count). The molecule has 0 unspecified atom stereocenters. The number of thiophene rings is 1. The number of aryl methyl sites for hydroxylation is 1. The van der Waals surface area contributed by atoms with Gasteiger partial charge in [0.2, 0.25) is 0 Å². The van der Waals surface area contributed by atoms with Gasteiger partial charge in [0.05, 0.1) is 11.8 Å². The minimum Gasteiger partial charge on any atom is -0.334 e. The molecule has 3 heterocycles. The van der Waals surface area contributed by atoms with Gasteiger partial charge in [0.1, 0.15) is 10.5 Å². The van der Waals surface area contributed by atoms with Crippen molar-refractivity contribution in [3.63, 3.8) is 0 Å². The van der Waals surface area contributed by atoms with Gasteiger partial charge in [-0.3, -0.25) is 0 Å². The fourth-order valence-electron chi connectivity index (χ4n) is 2.43. The molecular formula is C16H13N3S2. The third-order valence-corrected chi connectivity index (χ3v) is 5.57. The van der Waals surface area contributed by atoms with Crippen molar-refractivity contribution in [3.8, 4) is 0 Å². The van der Waals surface area contributed by atoms with Crippen molar-refractivity contribution in [1.82, 2.24) is 14.5 Å². The van der Waals surface area contributed by atoms with Gasteiger partial charge in [-0.05, 0) is 28.5 Å². The first-order valence-electron chi connectivity index (χ1n) is 6.67. The molecule has 0 N–H and O–H groups in total. The fraction of sp³-hybridized carbons (Fsp3) is 0.125. The Labute approximate surface area is 130 Å². The zero-order valence-electron chi connectivity index (χ0n) is 11.5. The van der Waals surface area contributed by atoms with Gasteiger partial charge < -0.3 is 4.57 Å². The van der Waals surface area contributed by atoms with Gasteiger partial charge >= 0.3 is 0 Å². The monoisotopic (exact) mass is 311 g/mol. The van der Waals surface area contributed by atoms with Gasteiger partial charge in [-0.15, -0.1) is 11.3 Å². The highest BCUT2D eigenvalue weighted by Gasteiger charge is 2.09. The van der Waals surface area contributed by atoms with E-state index in [2.05, 4.69) is 39.6 Å². The van der Waals surface area contributed by atoms with Gasteiger partial charge in [0, 0.05) is 23.7 Å². The van der Waals surface area contributed by atoms with Crippen LogP contribution in [0.5, 0.6) is 0 Å². The molecule has 0 radical (unpaired) electrons. The second kappa shape index (κ2) is 5.16. The van der Waals surface area contributed by atoms with Crippen molar-refractivity contribution >= 4 is 44.2 Å². The summed E-state index contributed by atoms with van der Waals surface area (Å²) in [6, 6.07) is 10.6. The standard InChI is InChI=1S/C16H13N3S2/c1-19-10-18-15-13(19)6-7-17-16(15)21-9-11-8-20-14-5-3-2-4-12(11)14/h2-8,10H,9H2,1H3. The number of hydrogen-bond acceptors (Lipinski definition) is 4. The third-order valence-electron chi connectivity index (χ3n) is 3.53. The Morgan fingerprint density at radius 3 is 3.05 bits per heavy atom. The molecule has 3 aromatic heterocycles. The lowest BCUT2D eigenvalue weighted by Gasteiger charge is -2.02. The fourth-order valence-corrected chi connectivity index (χ4v) is 4.46. The van der Waals surface area contributed by atoms with E-state index in [4.69, 9.17) is 0 Å². The largest absolute Gasteiger partial charge is 0.334 e. The van der Waals surface area contributed by atoms with Crippen LogP contribution in [0, 0.1) is 0 Å². The molecule has 0 aliphatic carbocycles. The van der Waals surface area contributed by atoms with Crippen molar-refractivity contribution in [3.05, 3.63) is 53.8 Å². The number of benzene rings is 1. The van der Waals surface area contributed by atoms with Crippen molar-refractivity contribution in [2.45, 2.75) is 10.8 Å². The normalized spacial score (nSPS) is 11.5. The molecule has 4 aromatic rings. The number of fused-ring (bicyclic) bond motifs is 2. The molecule has 0 bridgehead atoms. The van der Waals surface area contributed by atoms with Crippen LogP contribution in [0.1, 0.15) is 5.56 Å². The Morgan fingerprint density at radius 2 is 2.10 bits per heavy atom. The maximum absolute atomic E-state index is 4.49. The molecular weight excluding hydrogens is 298 g/mol. The Kier molecular flexibility index (Phi) is 3.16. The number of thioether (sulfide) groups is 1. The quantitative estimate of drug-likeness (QED) is 0.523. The Morgan fingerprint density at radius 1 is 1.19 bits per heavy atom. The highest BCUT2D eigenvalue weighted by molar-refractivity contribution is 7.98. The SMILES string of the molecule is Cn1cnc2c(SCc3csc4ccccc34)nccc21. The van der Waals surface area contributed by atoms with Crippen LogP contribution in [-0.2, 0) is 12.8 Å².